The van der Waals surface area contributed by atoms with E-state index >= 15 is 0 Å². The Morgan fingerprint density at radius 2 is 0.908 bits per heavy atom. The van der Waals surface area contributed by atoms with Gasteiger partial charge in [-0.3, -0.25) is 0 Å². The largest absolute Gasteiger partial charge is 0.456 e. The summed E-state index contributed by atoms with van der Waals surface area (Å²) >= 11 is 0. The number of furan rings is 1. The number of nitrogens with zero attached hydrogens (tertiary/aromatic N) is 1. The molecule has 0 atom stereocenters. The summed E-state index contributed by atoms with van der Waals surface area (Å²) < 4.78 is 6.18. The van der Waals surface area contributed by atoms with Gasteiger partial charge >= 0.3 is 0 Å². The highest BCUT2D eigenvalue weighted by atomic mass is 16.3. The van der Waals surface area contributed by atoms with Crippen LogP contribution in [0, 0.1) is 0 Å². The molecule has 1 aromatic heterocycles. The maximum atomic E-state index is 6.18. The van der Waals surface area contributed by atoms with E-state index in [2.05, 4.69) is 229 Å². The molecule has 2 aliphatic carbocycles. The third kappa shape index (κ3) is 5.81. The molecule has 0 N–H and O–H groups in total. The van der Waals surface area contributed by atoms with Crippen LogP contribution in [0.4, 0.5) is 17.1 Å². The third-order valence-electron chi connectivity index (χ3n) is 14.1. The predicted molar refractivity (Wildman–Crippen MR) is 269 cm³/mol. The van der Waals surface area contributed by atoms with Gasteiger partial charge in [-0.05, 0) is 134 Å². The molecule has 0 spiro atoms. The fourth-order valence-electron chi connectivity index (χ4n) is 11.2. The van der Waals surface area contributed by atoms with Gasteiger partial charge in [0.25, 0.3) is 0 Å². The Morgan fingerprint density at radius 3 is 1.68 bits per heavy atom. The van der Waals surface area contributed by atoms with Crippen molar-refractivity contribution < 1.29 is 4.42 Å². The Kier molecular flexibility index (Phi) is 8.60. The highest BCUT2D eigenvalue weighted by Crippen LogP contribution is 2.58. The Labute approximate surface area is 379 Å². The van der Waals surface area contributed by atoms with E-state index in [1.54, 1.807) is 0 Å². The zero-order valence-corrected chi connectivity index (χ0v) is 35.8. The van der Waals surface area contributed by atoms with E-state index < -0.39 is 5.41 Å². The quantitative estimate of drug-likeness (QED) is 0.159. The molecule has 2 nitrogen and oxygen atoms in total. The average Bonchev–Trinajstić information content (AvgIpc) is 3.91. The first-order chi connectivity index (χ1) is 32.2. The van der Waals surface area contributed by atoms with Gasteiger partial charge < -0.3 is 9.32 Å². The van der Waals surface area contributed by atoms with Crippen molar-refractivity contribution in [3.63, 3.8) is 0 Å². The third-order valence-corrected chi connectivity index (χ3v) is 14.1. The standard InChI is InChI=1S/C63H43NO/c1-3-17-47(18-4-1)63(48-19-5-2-6-20-48)56-25-11-9-23-54(56)62-52(24-14-26-57(62)63)44-33-38-50(39-34-44)64(58-27-13-16-45-30-29-43-15-7-8-21-51(43)61(45)58)49-36-31-42(32-37-49)46-35-40-60-55(41-46)53-22-10-12-28-59(53)65-60/h1-28,31-41H,29-30H2. The van der Waals surface area contributed by atoms with E-state index in [9.17, 15) is 0 Å². The molecule has 0 radical (unpaired) electrons. The molecule has 65 heavy (non-hydrogen) atoms. The molecule has 2 aliphatic rings. The van der Waals surface area contributed by atoms with Crippen molar-refractivity contribution in [2.75, 3.05) is 4.90 Å². The van der Waals surface area contributed by atoms with Crippen molar-refractivity contribution in [3.8, 4) is 44.5 Å². The van der Waals surface area contributed by atoms with Gasteiger partial charge in [0.1, 0.15) is 11.2 Å². The Hall–Kier alpha value is -8.20. The number of benzene rings is 10. The van der Waals surface area contributed by atoms with Crippen LogP contribution in [0.2, 0.25) is 0 Å². The van der Waals surface area contributed by atoms with Crippen LogP contribution in [0.25, 0.3) is 66.4 Å². The first-order valence-electron chi connectivity index (χ1n) is 22.7. The number of rotatable bonds is 7. The molecule has 0 saturated carbocycles. The molecular formula is C63H43NO. The number of aryl methyl sites for hydroxylation is 2. The Bertz CT molecular complexity index is 3540. The molecule has 0 amide bonds. The fraction of sp³-hybridized carbons (Fsp3) is 0.0476. The lowest BCUT2D eigenvalue weighted by molar-refractivity contribution is 0.669. The van der Waals surface area contributed by atoms with E-state index in [1.807, 2.05) is 12.1 Å². The second-order valence-electron chi connectivity index (χ2n) is 17.5. The van der Waals surface area contributed by atoms with Crippen molar-refractivity contribution in [3.05, 3.63) is 270 Å². The highest BCUT2D eigenvalue weighted by Gasteiger charge is 2.46. The maximum Gasteiger partial charge on any atom is 0.135 e. The second-order valence-corrected chi connectivity index (χ2v) is 17.5. The zero-order valence-electron chi connectivity index (χ0n) is 35.8. The van der Waals surface area contributed by atoms with Crippen molar-refractivity contribution in [2.24, 2.45) is 0 Å². The molecule has 0 saturated heterocycles. The van der Waals surface area contributed by atoms with Crippen molar-refractivity contribution in [1.82, 2.24) is 0 Å². The summed E-state index contributed by atoms with van der Waals surface area (Å²) in [7, 11) is 0. The van der Waals surface area contributed by atoms with Crippen LogP contribution in [0.3, 0.4) is 0 Å². The van der Waals surface area contributed by atoms with Crippen LogP contribution >= 0.6 is 0 Å². The van der Waals surface area contributed by atoms with Crippen LogP contribution in [0.1, 0.15) is 33.4 Å². The SMILES string of the molecule is c1ccc(C2(c3ccccc3)c3ccccc3-c3c(-c4ccc(N(c5ccc(-c6ccc7oc8ccccc8c7c6)cc5)c5cccc6c5-c5ccccc5CC6)cc4)cccc32)cc1. The summed E-state index contributed by atoms with van der Waals surface area (Å²) in [6.45, 7) is 0. The van der Waals surface area contributed by atoms with Crippen LogP contribution in [-0.2, 0) is 18.3 Å². The summed E-state index contributed by atoms with van der Waals surface area (Å²) in [5, 5.41) is 2.28. The van der Waals surface area contributed by atoms with Crippen LogP contribution in [0.15, 0.2) is 241 Å². The minimum atomic E-state index is -0.450. The lowest BCUT2D eigenvalue weighted by Gasteiger charge is -2.34. The topological polar surface area (TPSA) is 16.4 Å². The first kappa shape index (κ1) is 37.4. The van der Waals surface area contributed by atoms with Gasteiger partial charge in [0.05, 0.1) is 11.1 Å². The van der Waals surface area contributed by atoms with E-state index in [4.69, 9.17) is 4.42 Å². The van der Waals surface area contributed by atoms with Gasteiger partial charge in [-0.25, -0.2) is 0 Å². The van der Waals surface area contributed by atoms with Gasteiger partial charge in [-0.15, -0.1) is 0 Å². The smallest absolute Gasteiger partial charge is 0.135 e. The number of anilines is 3. The van der Waals surface area contributed by atoms with E-state index in [1.165, 1.54) is 72.4 Å². The molecule has 0 fully saturated rings. The first-order valence-corrected chi connectivity index (χ1v) is 22.7. The van der Waals surface area contributed by atoms with E-state index in [0.717, 1.165) is 57.3 Å². The summed E-state index contributed by atoms with van der Waals surface area (Å²) in [6, 6.07) is 87.0. The molecule has 0 aliphatic heterocycles. The number of fused-ring (bicyclic) bond motifs is 9. The van der Waals surface area contributed by atoms with Crippen LogP contribution in [0.5, 0.6) is 0 Å². The van der Waals surface area contributed by atoms with Crippen molar-refractivity contribution in [2.45, 2.75) is 18.3 Å². The summed E-state index contributed by atoms with van der Waals surface area (Å²) in [5.74, 6) is 0. The molecule has 1 heterocycles. The van der Waals surface area contributed by atoms with Crippen LogP contribution < -0.4 is 4.90 Å². The van der Waals surface area contributed by atoms with Gasteiger partial charge in [-0.2, -0.15) is 0 Å². The van der Waals surface area contributed by atoms with Gasteiger partial charge in [0, 0.05) is 27.7 Å². The van der Waals surface area contributed by atoms with Crippen LogP contribution in [-0.4, -0.2) is 0 Å². The number of hydrogen-bond donors (Lipinski definition) is 0. The highest BCUT2D eigenvalue weighted by molar-refractivity contribution is 6.06. The minimum Gasteiger partial charge on any atom is -0.456 e. The van der Waals surface area contributed by atoms with E-state index in [0.29, 0.717) is 0 Å². The Morgan fingerprint density at radius 1 is 0.354 bits per heavy atom. The lowest BCUT2D eigenvalue weighted by atomic mass is 9.67. The van der Waals surface area contributed by atoms with Crippen molar-refractivity contribution in [1.29, 1.82) is 0 Å². The minimum absolute atomic E-state index is 0.450. The molecule has 13 rings (SSSR count). The molecule has 2 heteroatoms. The molecule has 0 unspecified atom stereocenters. The normalized spacial score (nSPS) is 13.2. The van der Waals surface area contributed by atoms with Crippen molar-refractivity contribution >= 4 is 39.0 Å². The number of para-hydroxylation sites is 1. The lowest BCUT2D eigenvalue weighted by Crippen LogP contribution is -2.28. The maximum absolute atomic E-state index is 6.18. The van der Waals surface area contributed by atoms with Gasteiger partial charge in [-0.1, -0.05) is 188 Å². The average molecular weight is 830 g/mol. The molecule has 10 aromatic carbocycles. The summed E-state index contributed by atoms with van der Waals surface area (Å²) in [5.41, 5.74) is 22.7. The predicted octanol–water partition coefficient (Wildman–Crippen LogP) is 16.5. The summed E-state index contributed by atoms with van der Waals surface area (Å²) in [6.07, 6.45) is 2.07. The number of hydrogen-bond acceptors (Lipinski definition) is 2. The Balaban J connectivity index is 0.956. The van der Waals surface area contributed by atoms with Gasteiger partial charge in [0.15, 0.2) is 0 Å². The molecule has 0 bridgehead atoms. The molecule has 11 aromatic rings. The fourth-order valence-corrected chi connectivity index (χ4v) is 11.2. The van der Waals surface area contributed by atoms with E-state index in [-0.39, 0.29) is 0 Å². The molecule has 306 valence electrons. The summed E-state index contributed by atoms with van der Waals surface area (Å²) in [4.78, 5) is 2.46. The second kappa shape index (κ2) is 15.0. The molecular weight excluding hydrogens is 787 g/mol. The zero-order chi connectivity index (χ0) is 42.9. The van der Waals surface area contributed by atoms with Gasteiger partial charge in [0.2, 0.25) is 0 Å². The monoisotopic (exact) mass is 829 g/mol.